The van der Waals surface area contributed by atoms with E-state index in [1.54, 1.807) is 0 Å². The van der Waals surface area contributed by atoms with Crippen molar-refractivity contribution in [3.05, 3.63) is 12.2 Å². The van der Waals surface area contributed by atoms with Gasteiger partial charge in [-0.1, -0.05) is 64.0 Å². The first-order valence-corrected chi connectivity index (χ1v) is 11.3. The van der Waals surface area contributed by atoms with E-state index in [-0.39, 0.29) is 0 Å². The molecule has 16 heavy (non-hydrogen) atoms. The maximum Gasteiger partial charge on any atom is 0.0442 e. The number of unbranched alkanes of at least 4 members (excludes halogenated alkanes) is 2. The van der Waals surface area contributed by atoms with E-state index in [0.29, 0.717) is 6.04 Å². The first kappa shape index (κ1) is 16.6. The number of allylic oxidation sites excluding steroid dienone is 1. The SMILES string of the molecule is CCC/C=C/C(CCCC[Si](C)(C)C)NI. The van der Waals surface area contributed by atoms with Crippen molar-refractivity contribution < 1.29 is 0 Å². The van der Waals surface area contributed by atoms with Crippen LogP contribution in [0.15, 0.2) is 12.2 Å². The van der Waals surface area contributed by atoms with Crippen LogP contribution in [0.5, 0.6) is 0 Å². The van der Waals surface area contributed by atoms with Crippen molar-refractivity contribution in [2.75, 3.05) is 0 Å². The Balaban J connectivity index is 3.63. The van der Waals surface area contributed by atoms with Crippen LogP contribution >= 0.6 is 22.9 Å². The molecule has 0 saturated heterocycles. The van der Waals surface area contributed by atoms with Crippen LogP contribution in [0, 0.1) is 0 Å². The number of rotatable bonds is 9. The van der Waals surface area contributed by atoms with Crippen LogP contribution in [-0.4, -0.2) is 14.1 Å². The van der Waals surface area contributed by atoms with Gasteiger partial charge in [-0.05, 0) is 12.8 Å². The lowest BCUT2D eigenvalue weighted by molar-refractivity contribution is 0.634. The summed E-state index contributed by atoms with van der Waals surface area (Å²) in [6.07, 6.45) is 11.2. The van der Waals surface area contributed by atoms with Gasteiger partial charge in [-0.2, -0.15) is 0 Å². The molecule has 0 aromatic carbocycles. The van der Waals surface area contributed by atoms with Gasteiger partial charge in [-0.3, -0.25) is 3.53 Å². The monoisotopic (exact) mass is 353 g/mol. The molecule has 0 rings (SSSR count). The highest BCUT2D eigenvalue weighted by Crippen LogP contribution is 2.15. The van der Waals surface area contributed by atoms with Gasteiger partial charge < -0.3 is 0 Å². The highest BCUT2D eigenvalue weighted by Gasteiger charge is 2.12. The zero-order valence-electron chi connectivity index (χ0n) is 11.4. The lowest BCUT2D eigenvalue weighted by Crippen LogP contribution is -2.20. The molecule has 0 aliphatic heterocycles. The van der Waals surface area contributed by atoms with Gasteiger partial charge in [-0.15, -0.1) is 0 Å². The summed E-state index contributed by atoms with van der Waals surface area (Å²) in [4.78, 5) is 0. The molecule has 0 aromatic rings. The molecular weight excluding hydrogens is 325 g/mol. The van der Waals surface area contributed by atoms with Gasteiger partial charge in [0.15, 0.2) is 0 Å². The minimum Gasteiger partial charge on any atom is -0.254 e. The lowest BCUT2D eigenvalue weighted by atomic mass is 10.1. The van der Waals surface area contributed by atoms with Gasteiger partial charge in [-0.25, -0.2) is 0 Å². The molecule has 96 valence electrons. The Morgan fingerprint density at radius 2 is 1.94 bits per heavy atom. The predicted octanol–water partition coefficient (Wildman–Crippen LogP) is 5.16. The van der Waals surface area contributed by atoms with Crippen molar-refractivity contribution in [3.8, 4) is 0 Å². The Bertz CT molecular complexity index is 187. The molecule has 1 nitrogen and oxygen atoms in total. The summed E-state index contributed by atoms with van der Waals surface area (Å²) < 4.78 is 3.35. The molecule has 1 N–H and O–H groups in total. The number of nitrogens with one attached hydrogen (secondary N) is 1. The summed E-state index contributed by atoms with van der Waals surface area (Å²) in [7, 11) is -0.811. The fourth-order valence-electron chi connectivity index (χ4n) is 1.63. The van der Waals surface area contributed by atoms with E-state index in [0.717, 1.165) is 0 Å². The second-order valence-electron chi connectivity index (χ2n) is 5.74. The number of hydrogen-bond acceptors (Lipinski definition) is 1. The summed E-state index contributed by atoms with van der Waals surface area (Å²) in [5, 5.41) is 0. The van der Waals surface area contributed by atoms with Crippen molar-refractivity contribution in [2.24, 2.45) is 0 Å². The third kappa shape index (κ3) is 11.1. The first-order valence-electron chi connectivity index (χ1n) is 6.52. The van der Waals surface area contributed by atoms with Gasteiger partial charge in [0.2, 0.25) is 0 Å². The van der Waals surface area contributed by atoms with Crippen LogP contribution in [0.25, 0.3) is 0 Å². The van der Waals surface area contributed by atoms with Crippen LogP contribution < -0.4 is 3.53 Å². The molecular formula is C13H28INSi. The molecule has 0 fully saturated rings. The molecule has 0 bridgehead atoms. The third-order valence-electron chi connectivity index (χ3n) is 2.66. The molecule has 0 aromatic heterocycles. The topological polar surface area (TPSA) is 12.0 Å². The van der Waals surface area contributed by atoms with E-state index >= 15 is 0 Å². The van der Waals surface area contributed by atoms with Crippen molar-refractivity contribution in [3.63, 3.8) is 0 Å². The number of hydrogen-bond donors (Lipinski definition) is 1. The Morgan fingerprint density at radius 1 is 1.25 bits per heavy atom. The Morgan fingerprint density at radius 3 is 2.44 bits per heavy atom. The van der Waals surface area contributed by atoms with Gasteiger partial charge in [0.25, 0.3) is 0 Å². The maximum atomic E-state index is 3.35. The van der Waals surface area contributed by atoms with E-state index in [1.807, 2.05) is 0 Å². The largest absolute Gasteiger partial charge is 0.254 e. The first-order chi connectivity index (χ1) is 7.49. The van der Waals surface area contributed by atoms with Crippen molar-refractivity contribution >= 4 is 30.9 Å². The highest BCUT2D eigenvalue weighted by atomic mass is 127. The van der Waals surface area contributed by atoms with Crippen LogP contribution in [0.4, 0.5) is 0 Å². The van der Waals surface area contributed by atoms with Crippen LogP contribution in [0.1, 0.15) is 39.0 Å². The van der Waals surface area contributed by atoms with E-state index in [4.69, 9.17) is 0 Å². The van der Waals surface area contributed by atoms with Gasteiger partial charge in [0.1, 0.15) is 0 Å². The van der Waals surface area contributed by atoms with E-state index in [9.17, 15) is 0 Å². The molecule has 0 aliphatic rings. The van der Waals surface area contributed by atoms with Crippen LogP contribution in [-0.2, 0) is 0 Å². The Kier molecular flexibility index (Phi) is 10.0. The molecule has 0 heterocycles. The summed E-state index contributed by atoms with van der Waals surface area (Å²) in [6, 6.07) is 2.05. The normalized spacial score (nSPS) is 14.6. The summed E-state index contributed by atoms with van der Waals surface area (Å²) >= 11 is 2.28. The molecule has 3 heteroatoms. The second-order valence-corrected chi connectivity index (χ2v) is 12.0. The maximum absolute atomic E-state index is 3.35. The van der Waals surface area contributed by atoms with Gasteiger partial charge >= 0.3 is 0 Å². The van der Waals surface area contributed by atoms with E-state index < -0.39 is 8.07 Å². The summed E-state index contributed by atoms with van der Waals surface area (Å²) in [5.74, 6) is 0. The fourth-order valence-corrected chi connectivity index (χ4v) is 3.46. The summed E-state index contributed by atoms with van der Waals surface area (Å²) in [6.45, 7) is 9.61. The van der Waals surface area contributed by atoms with Crippen molar-refractivity contribution in [2.45, 2.75) is 70.8 Å². The van der Waals surface area contributed by atoms with Crippen LogP contribution in [0.3, 0.4) is 0 Å². The third-order valence-corrected chi connectivity index (χ3v) is 5.31. The minimum absolute atomic E-state index is 0.578. The number of halogens is 1. The van der Waals surface area contributed by atoms with Crippen molar-refractivity contribution in [1.82, 2.24) is 3.53 Å². The average molecular weight is 353 g/mol. The van der Waals surface area contributed by atoms with E-state index in [2.05, 4.69) is 65.1 Å². The molecule has 0 aliphatic carbocycles. The smallest absolute Gasteiger partial charge is 0.0442 e. The zero-order valence-corrected chi connectivity index (χ0v) is 14.5. The summed E-state index contributed by atoms with van der Waals surface area (Å²) in [5.41, 5.74) is 0. The molecule has 0 saturated carbocycles. The molecule has 1 atom stereocenters. The Labute approximate surface area is 117 Å². The van der Waals surface area contributed by atoms with E-state index in [1.165, 1.54) is 38.1 Å². The molecule has 0 radical (unpaired) electrons. The predicted molar refractivity (Wildman–Crippen MR) is 87.0 cm³/mol. The molecule has 1 unspecified atom stereocenters. The van der Waals surface area contributed by atoms with Gasteiger partial charge in [0, 0.05) is 37.0 Å². The lowest BCUT2D eigenvalue weighted by Gasteiger charge is -2.16. The van der Waals surface area contributed by atoms with Crippen molar-refractivity contribution in [1.29, 1.82) is 0 Å². The quantitative estimate of drug-likeness (QED) is 0.198. The minimum atomic E-state index is -0.811. The fraction of sp³-hybridized carbons (Fsp3) is 0.846. The zero-order chi connectivity index (χ0) is 12.4. The molecule has 0 spiro atoms. The second kappa shape index (κ2) is 9.65. The highest BCUT2D eigenvalue weighted by molar-refractivity contribution is 14.1. The van der Waals surface area contributed by atoms with Gasteiger partial charge in [0.05, 0.1) is 0 Å². The average Bonchev–Trinajstić information content (AvgIpc) is 2.20. The Hall–Kier alpha value is 0.647. The molecule has 0 amide bonds. The van der Waals surface area contributed by atoms with Crippen LogP contribution in [0.2, 0.25) is 25.7 Å². The standard InChI is InChI=1S/C13H28INSi/c1-5-6-7-10-13(15-14)11-8-9-12-16(2,3)4/h7,10,13,15H,5-6,8-9,11-12H2,1-4H3/b10-7+.